The highest BCUT2D eigenvalue weighted by atomic mass is 32.1. The zero-order chi connectivity index (χ0) is 28.3. The molecule has 1 fully saturated rings. The highest BCUT2D eigenvalue weighted by Gasteiger charge is 2.43. The monoisotopic (exact) mass is 558 g/mol. The van der Waals surface area contributed by atoms with Crippen LogP contribution >= 0.6 is 11.3 Å². The lowest BCUT2D eigenvalue weighted by Gasteiger charge is -2.29. The van der Waals surface area contributed by atoms with E-state index in [2.05, 4.69) is 15.5 Å². The van der Waals surface area contributed by atoms with E-state index in [1.807, 2.05) is 20.8 Å². The molecule has 0 saturated carbocycles. The fourth-order valence-electron chi connectivity index (χ4n) is 4.81. The number of rotatable bonds is 10. The number of hydrogen-bond donors (Lipinski definition) is 2. The molecule has 3 heterocycles. The number of aldehydes is 1. The molecule has 3 aromatic rings. The molecule has 10 nitrogen and oxygen atoms in total. The van der Waals surface area contributed by atoms with Crippen molar-refractivity contribution in [3.8, 4) is 16.3 Å². The van der Waals surface area contributed by atoms with Crippen molar-refractivity contribution >= 4 is 29.4 Å². The molecule has 2 aromatic heterocycles. The number of halogens is 1. The number of amides is 2. The summed E-state index contributed by atoms with van der Waals surface area (Å²) in [6.45, 7) is 6.92. The van der Waals surface area contributed by atoms with E-state index < -0.39 is 41.7 Å². The number of nitrogens with one attached hydrogen (secondary N) is 1. The Morgan fingerprint density at radius 3 is 2.74 bits per heavy atom. The molecule has 12 heteroatoms. The first-order valence-electron chi connectivity index (χ1n) is 12.6. The number of hydrogen-bond acceptors (Lipinski definition) is 9. The van der Waals surface area contributed by atoms with Crippen molar-refractivity contribution in [2.75, 3.05) is 13.2 Å². The van der Waals surface area contributed by atoms with E-state index in [4.69, 9.17) is 9.26 Å². The fourth-order valence-corrected chi connectivity index (χ4v) is 5.61. The fraction of sp³-hybridized carbons (Fsp3) is 0.444. The van der Waals surface area contributed by atoms with Crippen molar-refractivity contribution in [3.05, 3.63) is 52.6 Å². The summed E-state index contributed by atoms with van der Waals surface area (Å²) in [5.41, 5.74) is 3.52. The van der Waals surface area contributed by atoms with Gasteiger partial charge in [0, 0.05) is 24.6 Å². The van der Waals surface area contributed by atoms with Crippen molar-refractivity contribution in [2.24, 2.45) is 5.92 Å². The molecule has 1 saturated heterocycles. The minimum absolute atomic E-state index is 0.0333. The summed E-state index contributed by atoms with van der Waals surface area (Å²) in [5, 5.41) is 16.9. The number of aliphatic hydroxyl groups excluding tert-OH is 1. The average Bonchev–Trinajstić information content (AvgIpc) is 3.62. The molecule has 0 spiro atoms. The first kappa shape index (κ1) is 28.4. The van der Waals surface area contributed by atoms with E-state index in [-0.39, 0.29) is 37.1 Å². The summed E-state index contributed by atoms with van der Waals surface area (Å²) in [6, 6.07) is 4.64. The second kappa shape index (κ2) is 12.0. The molecule has 0 bridgehead atoms. The van der Waals surface area contributed by atoms with Gasteiger partial charge in [-0.15, -0.1) is 11.3 Å². The second-order valence-corrected chi connectivity index (χ2v) is 10.8. The largest absolute Gasteiger partial charge is 0.468 e. The van der Waals surface area contributed by atoms with Crippen LogP contribution in [0.25, 0.3) is 10.4 Å². The normalized spacial score (nSPS) is 18.7. The van der Waals surface area contributed by atoms with Crippen molar-refractivity contribution in [1.29, 1.82) is 0 Å². The molecule has 1 aliphatic heterocycles. The summed E-state index contributed by atoms with van der Waals surface area (Å²) < 4.78 is 25.5. The summed E-state index contributed by atoms with van der Waals surface area (Å²) >= 11 is 1.42. The van der Waals surface area contributed by atoms with Crippen LogP contribution in [0, 0.1) is 18.7 Å². The Labute approximate surface area is 229 Å². The van der Waals surface area contributed by atoms with Crippen LogP contribution in [0.15, 0.2) is 34.3 Å². The highest BCUT2D eigenvalue weighted by molar-refractivity contribution is 7.13. The van der Waals surface area contributed by atoms with Gasteiger partial charge in [0.1, 0.15) is 24.4 Å². The number of β-amino-alcohol motifs (C(OH)–C–C–N with tert-alkyl or cyclic N) is 1. The summed E-state index contributed by atoms with van der Waals surface area (Å²) in [7, 11) is 0. The molecule has 2 N–H and O–H groups in total. The highest BCUT2D eigenvalue weighted by Crippen LogP contribution is 2.33. The summed E-state index contributed by atoms with van der Waals surface area (Å²) in [4.78, 5) is 43.9. The van der Waals surface area contributed by atoms with E-state index in [9.17, 15) is 19.5 Å². The van der Waals surface area contributed by atoms with Gasteiger partial charge in [0.25, 0.3) is 5.88 Å². The van der Waals surface area contributed by atoms with Crippen LogP contribution in [0.1, 0.15) is 56.2 Å². The lowest BCUT2D eigenvalue weighted by molar-refractivity contribution is -0.141. The van der Waals surface area contributed by atoms with Gasteiger partial charge in [0.05, 0.1) is 28.2 Å². The van der Waals surface area contributed by atoms with Crippen molar-refractivity contribution < 1.29 is 33.1 Å². The van der Waals surface area contributed by atoms with E-state index in [1.54, 1.807) is 24.6 Å². The number of benzene rings is 1. The van der Waals surface area contributed by atoms with E-state index in [1.165, 1.54) is 28.4 Å². The molecule has 0 aliphatic carbocycles. The number of aromatic nitrogens is 2. The number of likely N-dealkylation sites (tertiary alicyclic amines) is 1. The first-order chi connectivity index (χ1) is 18.6. The molecule has 2 amide bonds. The Bertz CT molecular complexity index is 1340. The van der Waals surface area contributed by atoms with E-state index in [0.717, 1.165) is 10.6 Å². The van der Waals surface area contributed by atoms with Gasteiger partial charge in [0.2, 0.25) is 11.8 Å². The number of carbonyl (C=O) groups is 3. The van der Waals surface area contributed by atoms with Crippen LogP contribution in [0.2, 0.25) is 0 Å². The Hall–Kier alpha value is -3.64. The standard InChI is InChI=1S/C27H31FN4O6S/c1-14(2)24(22-11-23(31-38-22)37-8-7-33)27(36)32-12-18(34)10-21(32)26(35)30-15(3)19-6-5-17(9-20(19)28)25-16(4)29-13-39-25/h5-7,9,11,13-15,18,21,24,34H,8,10,12H2,1-4H3,(H,30,35)/t15-,18+,21-,24?/m0/s1. The van der Waals surface area contributed by atoms with Gasteiger partial charge in [0.15, 0.2) is 12.0 Å². The zero-order valence-corrected chi connectivity index (χ0v) is 22.9. The van der Waals surface area contributed by atoms with Gasteiger partial charge in [-0.05, 0) is 36.6 Å². The maximum atomic E-state index is 15.1. The quantitative estimate of drug-likeness (QED) is 0.362. The van der Waals surface area contributed by atoms with Crippen LogP contribution in [-0.4, -0.2) is 63.5 Å². The Morgan fingerprint density at radius 2 is 2.10 bits per heavy atom. The van der Waals surface area contributed by atoms with Gasteiger partial charge in [-0.25, -0.2) is 9.37 Å². The van der Waals surface area contributed by atoms with Gasteiger partial charge in [-0.1, -0.05) is 26.0 Å². The Kier molecular flexibility index (Phi) is 8.76. The second-order valence-electron chi connectivity index (χ2n) is 9.90. The third kappa shape index (κ3) is 6.17. The van der Waals surface area contributed by atoms with Crippen LogP contribution < -0.4 is 10.1 Å². The molecule has 39 heavy (non-hydrogen) atoms. The lowest BCUT2D eigenvalue weighted by Crippen LogP contribution is -2.48. The van der Waals surface area contributed by atoms with Gasteiger partial charge in [-0.3, -0.25) is 14.4 Å². The molecule has 4 rings (SSSR count). The zero-order valence-electron chi connectivity index (χ0n) is 22.1. The summed E-state index contributed by atoms with van der Waals surface area (Å²) in [5.74, 6) is -2.12. The smallest absolute Gasteiger partial charge is 0.254 e. The molecule has 4 atom stereocenters. The number of nitrogens with zero attached hydrogens (tertiary/aromatic N) is 3. The van der Waals surface area contributed by atoms with Crippen molar-refractivity contribution in [2.45, 2.75) is 58.2 Å². The third-order valence-electron chi connectivity index (χ3n) is 6.74. The lowest BCUT2D eigenvalue weighted by atomic mass is 9.91. The Balaban J connectivity index is 1.49. The first-order valence-corrected chi connectivity index (χ1v) is 13.5. The van der Waals surface area contributed by atoms with Gasteiger partial charge >= 0.3 is 0 Å². The molecule has 1 unspecified atom stereocenters. The SMILES string of the molecule is Cc1ncsc1-c1ccc([C@H](C)NC(=O)[C@@H]2C[C@@H](O)CN2C(=O)C(c2cc(OCC=O)no2)C(C)C)c(F)c1. The minimum atomic E-state index is -0.952. The van der Waals surface area contributed by atoms with Crippen molar-refractivity contribution in [1.82, 2.24) is 20.4 Å². The maximum Gasteiger partial charge on any atom is 0.254 e. The molecular formula is C27H31FN4O6S. The number of aryl methyl sites for hydroxylation is 1. The van der Waals surface area contributed by atoms with Crippen molar-refractivity contribution in [3.63, 3.8) is 0 Å². The third-order valence-corrected chi connectivity index (χ3v) is 7.72. The number of carbonyl (C=O) groups excluding carboxylic acids is 3. The number of ether oxygens (including phenoxy) is 1. The average molecular weight is 559 g/mol. The van der Waals surface area contributed by atoms with Gasteiger partial charge < -0.3 is 24.6 Å². The molecule has 208 valence electrons. The topological polar surface area (TPSA) is 135 Å². The molecule has 1 aromatic carbocycles. The van der Waals surface area contributed by atoms with Crippen LogP contribution in [0.3, 0.4) is 0 Å². The number of aliphatic hydroxyl groups is 1. The predicted molar refractivity (Wildman–Crippen MR) is 141 cm³/mol. The van der Waals surface area contributed by atoms with Crippen LogP contribution in [0.4, 0.5) is 4.39 Å². The summed E-state index contributed by atoms with van der Waals surface area (Å²) in [6.07, 6.45) is -0.282. The van der Waals surface area contributed by atoms with Crippen LogP contribution in [0.5, 0.6) is 5.88 Å². The van der Waals surface area contributed by atoms with E-state index >= 15 is 4.39 Å². The predicted octanol–water partition coefficient (Wildman–Crippen LogP) is 3.40. The minimum Gasteiger partial charge on any atom is -0.468 e. The van der Waals surface area contributed by atoms with E-state index in [0.29, 0.717) is 17.4 Å². The maximum absolute atomic E-state index is 15.1. The Morgan fingerprint density at radius 1 is 1.33 bits per heavy atom. The molecular weight excluding hydrogens is 527 g/mol. The van der Waals surface area contributed by atoms with Crippen LogP contribution in [-0.2, 0) is 14.4 Å². The molecule has 1 aliphatic rings. The van der Waals surface area contributed by atoms with Gasteiger partial charge in [-0.2, -0.15) is 0 Å². The molecule has 0 radical (unpaired) electrons. The number of thiazole rings is 1.